The summed E-state index contributed by atoms with van der Waals surface area (Å²) >= 11 is 0. The third-order valence-corrected chi connectivity index (χ3v) is 5.15. The molecule has 1 saturated heterocycles. The average molecular weight is 410 g/mol. The molecule has 30 heavy (non-hydrogen) atoms. The number of carbonyl (C=O) groups excluding carboxylic acids is 1. The molecule has 0 radical (unpaired) electrons. The Balaban J connectivity index is 0.00000407. The number of nitriles is 1. The van der Waals surface area contributed by atoms with E-state index in [0.717, 1.165) is 38.0 Å². The number of piperidine rings is 1. The molecule has 0 aromatic carbocycles. The molecule has 0 aromatic heterocycles. The van der Waals surface area contributed by atoms with Crippen LogP contribution >= 0.6 is 0 Å². The molecule has 4 heteroatoms. The van der Waals surface area contributed by atoms with Gasteiger partial charge in [-0.1, -0.05) is 65.3 Å². The summed E-state index contributed by atoms with van der Waals surface area (Å²) in [7, 11) is 3.40. The van der Waals surface area contributed by atoms with E-state index < -0.39 is 0 Å². The van der Waals surface area contributed by atoms with Crippen LogP contribution in [0.2, 0.25) is 0 Å². The predicted molar refractivity (Wildman–Crippen MR) is 129 cm³/mol. The maximum absolute atomic E-state index is 12.3. The monoisotopic (exact) mass is 409 g/mol. The van der Waals surface area contributed by atoms with Gasteiger partial charge in [0.25, 0.3) is 5.91 Å². The predicted octanol–water partition coefficient (Wildman–Crippen LogP) is 5.45. The number of nitrogens with zero attached hydrogens (tertiary/aromatic N) is 3. The number of likely N-dealkylation sites (tertiary alicyclic amines) is 1. The third kappa shape index (κ3) is 8.80. The summed E-state index contributed by atoms with van der Waals surface area (Å²) in [5.74, 6) is -0.132. The number of amides is 1. The number of allylic oxidation sites excluding steroid dienone is 4. The molecule has 0 aliphatic carbocycles. The fraction of sp³-hybridized carbons (Fsp3) is 0.462. The van der Waals surface area contributed by atoms with Crippen LogP contribution < -0.4 is 0 Å². The topological polar surface area (TPSA) is 47.3 Å². The minimum absolute atomic E-state index is 0.132. The van der Waals surface area contributed by atoms with Crippen molar-refractivity contribution in [3.8, 4) is 6.07 Å². The molecule has 4 nitrogen and oxygen atoms in total. The third-order valence-electron chi connectivity index (χ3n) is 5.15. The second-order valence-corrected chi connectivity index (χ2v) is 7.93. The van der Waals surface area contributed by atoms with Crippen LogP contribution in [0.5, 0.6) is 0 Å². The molecule has 0 atom stereocenters. The summed E-state index contributed by atoms with van der Waals surface area (Å²) < 4.78 is 0. The summed E-state index contributed by atoms with van der Waals surface area (Å²) in [4.78, 5) is 16.2. The molecule has 1 heterocycles. The number of likely N-dealkylation sites (N-methyl/N-ethyl adjacent to an activating group) is 1. The van der Waals surface area contributed by atoms with Crippen LogP contribution in [0.1, 0.15) is 40.0 Å². The highest BCUT2D eigenvalue weighted by molar-refractivity contribution is 5.99. The van der Waals surface area contributed by atoms with Crippen molar-refractivity contribution >= 4 is 5.91 Å². The standard InChI is InChI=1S/C24H33N3O.C2H6/c1-8-9-22(23(28)26(6)7)21(4)20(3)11-10-19(2)18-27-16-13-24(5,12-15-25)14-17-27;1-2/h8-11H,1-4,12-14,16-18H2,5-7H3;1-2H3/b11-10-,22-9+;. The Morgan fingerprint density at radius 1 is 1.17 bits per heavy atom. The number of hydrogen-bond donors (Lipinski definition) is 0. The number of hydrogen-bond acceptors (Lipinski definition) is 3. The fourth-order valence-corrected chi connectivity index (χ4v) is 3.11. The van der Waals surface area contributed by atoms with Gasteiger partial charge in [0, 0.05) is 32.6 Å². The first-order valence-electron chi connectivity index (χ1n) is 10.5. The van der Waals surface area contributed by atoms with Crippen molar-refractivity contribution in [2.45, 2.75) is 40.0 Å². The molecule has 1 amide bonds. The SMILES string of the molecule is C=C/C=C(\C(=C)C(=C)/C=C\C(=C)CN1CCC(C)(CC#N)CC1)C(=O)N(C)C.CC. The first-order valence-corrected chi connectivity index (χ1v) is 10.5. The first-order chi connectivity index (χ1) is 14.1. The van der Waals surface area contributed by atoms with Crippen LogP contribution in [-0.4, -0.2) is 49.4 Å². The average Bonchev–Trinajstić information content (AvgIpc) is 2.72. The summed E-state index contributed by atoms with van der Waals surface area (Å²) in [6.07, 6.45) is 9.71. The Bertz CT molecular complexity index is 739. The fourth-order valence-electron chi connectivity index (χ4n) is 3.11. The molecule has 0 saturated carbocycles. The van der Waals surface area contributed by atoms with Crippen molar-refractivity contribution in [1.29, 1.82) is 5.26 Å². The maximum atomic E-state index is 12.3. The lowest BCUT2D eigenvalue weighted by Gasteiger charge is -2.38. The zero-order chi connectivity index (χ0) is 23.3. The van der Waals surface area contributed by atoms with Crippen LogP contribution in [0.3, 0.4) is 0 Å². The van der Waals surface area contributed by atoms with Gasteiger partial charge < -0.3 is 4.90 Å². The Morgan fingerprint density at radius 2 is 1.73 bits per heavy atom. The van der Waals surface area contributed by atoms with Crippen molar-refractivity contribution in [3.63, 3.8) is 0 Å². The summed E-state index contributed by atoms with van der Waals surface area (Å²) in [6, 6.07) is 2.31. The summed E-state index contributed by atoms with van der Waals surface area (Å²) in [6.45, 7) is 24.8. The lowest BCUT2D eigenvalue weighted by atomic mass is 9.78. The minimum Gasteiger partial charge on any atom is -0.345 e. The molecule has 164 valence electrons. The van der Waals surface area contributed by atoms with E-state index in [1.807, 2.05) is 26.0 Å². The largest absolute Gasteiger partial charge is 0.345 e. The van der Waals surface area contributed by atoms with Gasteiger partial charge in [-0.25, -0.2) is 0 Å². The lowest BCUT2D eigenvalue weighted by molar-refractivity contribution is -0.124. The van der Waals surface area contributed by atoms with Crippen LogP contribution in [0, 0.1) is 16.7 Å². The highest BCUT2D eigenvalue weighted by Gasteiger charge is 2.29. The van der Waals surface area contributed by atoms with Crippen molar-refractivity contribution in [1.82, 2.24) is 9.80 Å². The smallest absolute Gasteiger partial charge is 0.253 e. The van der Waals surface area contributed by atoms with Crippen LogP contribution in [0.25, 0.3) is 0 Å². The molecule has 0 spiro atoms. The van der Waals surface area contributed by atoms with Gasteiger partial charge in [-0.3, -0.25) is 9.69 Å². The molecule has 0 bridgehead atoms. The molecule has 1 aliphatic rings. The first kappa shape index (κ1) is 27.4. The maximum Gasteiger partial charge on any atom is 0.253 e. The molecule has 1 rings (SSSR count). The molecule has 0 N–H and O–H groups in total. The zero-order valence-corrected chi connectivity index (χ0v) is 19.6. The van der Waals surface area contributed by atoms with Gasteiger partial charge in [-0.15, -0.1) is 0 Å². The Kier molecular flexibility index (Phi) is 12.4. The Labute approximate surface area is 184 Å². The zero-order valence-electron chi connectivity index (χ0n) is 19.6. The summed E-state index contributed by atoms with van der Waals surface area (Å²) in [5.41, 5.74) is 2.85. The number of carbonyl (C=O) groups is 1. The van der Waals surface area contributed by atoms with Gasteiger partial charge in [-0.05, 0) is 54.1 Å². The Morgan fingerprint density at radius 3 is 2.20 bits per heavy atom. The van der Waals surface area contributed by atoms with E-state index in [-0.39, 0.29) is 11.3 Å². The van der Waals surface area contributed by atoms with Crippen LogP contribution in [0.4, 0.5) is 0 Å². The van der Waals surface area contributed by atoms with E-state index in [9.17, 15) is 4.79 Å². The van der Waals surface area contributed by atoms with Gasteiger partial charge in [0.15, 0.2) is 0 Å². The highest BCUT2D eigenvalue weighted by atomic mass is 16.2. The quantitative estimate of drug-likeness (QED) is 0.375. The van der Waals surface area contributed by atoms with E-state index in [1.165, 1.54) is 4.90 Å². The van der Waals surface area contributed by atoms with Gasteiger partial charge in [0.05, 0.1) is 6.07 Å². The van der Waals surface area contributed by atoms with E-state index in [0.29, 0.717) is 23.1 Å². The van der Waals surface area contributed by atoms with Gasteiger partial charge in [-0.2, -0.15) is 5.26 Å². The molecule has 1 fully saturated rings. The van der Waals surface area contributed by atoms with Gasteiger partial charge in [0.2, 0.25) is 0 Å². The van der Waals surface area contributed by atoms with Crippen LogP contribution in [0.15, 0.2) is 72.9 Å². The second kappa shape index (κ2) is 13.6. The molecule has 0 aromatic rings. The molecular weight excluding hydrogens is 370 g/mol. The van der Waals surface area contributed by atoms with Crippen molar-refractivity contribution in [2.24, 2.45) is 5.41 Å². The molecular formula is C26H39N3O. The Hall–Kier alpha value is -2.64. The molecule has 1 aliphatic heterocycles. The lowest BCUT2D eigenvalue weighted by Crippen LogP contribution is -2.39. The number of rotatable bonds is 9. The van der Waals surface area contributed by atoms with E-state index in [1.54, 1.807) is 26.2 Å². The summed E-state index contributed by atoms with van der Waals surface area (Å²) in [5, 5.41) is 8.96. The molecule has 0 unspecified atom stereocenters. The van der Waals surface area contributed by atoms with Gasteiger partial charge >= 0.3 is 0 Å². The van der Waals surface area contributed by atoms with E-state index >= 15 is 0 Å². The van der Waals surface area contributed by atoms with E-state index in [4.69, 9.17) is 5.26 Å². The van der Waals surface area contributed by atoms with Crippen molar-refractivity contribution in [3.05, 3.63) is 72.9 Å². The normalized spacial score (nSPS) is 16.1. The minimum atomic E-state index is -0.132. The van der Waals surface area contributed by atoms with Gasteiger partial charge in [0.1, 0.15) is 0 Å². The van der Waals surface area contributed by atoms with E-state index in [2.05, 4.69) is 44.2 Å². The van der Waals surface area contributed by atoms with Crippen molar-refractivity contribution in [2.75, 3.05) is 33.7 Å². The highest BCUT2D eigenvalue weighted by Crippen LogP contribution is 2.34. The van der Waals surface area contributed by atoms with Crippen molar-refractivity contribution < 1.29 is 4.79 Å². The second-order valence-electron chi connectivity index (χ2n) is 7.93. The van der Waals surface area contributed by atoms with Crippen LogP contribution in [-0.2, 0) is 4.79 Å².